The van der Waals surface area contributed by atoms with Crippen molar-refractivity contribution in [2.45, 2.75) is 63.9 Å². The SMILES string of the molecule is CC12CCC3C4CCC(=O)C=C4CCC3C1CCCO2. The molecule has 2 saturated carbocycles. The van der Waals surface area contributed by atoms with Crippen molar-refractivity contribution in [3.63, 3.8) is 0 Å². The first-order valence-electron chi connectivity index (χ1n) is 8.55. The van der Waals surface area contributed by atoms with Crippen molar-refractivity contribution < 1.29 is 9.53 Å². The Hall–Kier alpha value is -0.630. The average Bonchev–Trinajstić information content (AvgIpc) is 2.45. The van der Waals surface area contributed by atoms with Crippen molar-refractivity contribution in [2.75, 3.05) is 6.61 Å². The Morgan fingerprint density at radius 3 is 2.95 bits per heavy atom. The predicted octanol–water partition coefficient (Wildman–Crippen LogP) is 3.90. The number of ketones is 1. The minimum absolute atomic E-state index is 0.158. The number of fused-ring (bicyclic) bond motifs is 5. The molecule has 2 nitrogen and oxygen atoms in total. The fourth-order valence-electron chi connectivity index (χ4n) is 5.78. The molecule has 1 aliphatic heterocycles. The number of hydrogen-bond donors (Lipinski definition) is 0. The first-order chi connectivity index (χ1) is 9.67. The Labute approximate surface area is 122 Å². The Balaban J connectivity index is 1.62. The van der Waals surface area contributed by atoms with Crippen LogP contribution in [0.3, 0.4) is 0 Å². The molecule has 0 radical (unpaired) electrons. The lowest BCUT2D eigenvalue weighted by molar-refractivity contribution is -0.166. The molecule has 4 rings (SSSR count). The molecule has 20 heavy (non-hydrogen) atoms. The van der Waals surface area contributed by atoms with E-state index in [9.17, 15) is 4.79 Å². The van der Waals surface area contributed by atoms with E-state index in [1.165, 1.54) is 44.1 Å². The van der Waals surface area contributed by atoms with Crippen LogP contribution in [0.5, 0.6) is 0 Å². The lowest BCUT2D eigenvalue weighted by atomic mass is 9.53. The monoisotopic (exact) mass is 274 g/mol. The van der Waals surface area contributed by atoms with Crippen molar-refractivity contribution >= 4 is 5.78 Å². The van der Waals surface area contributed by atoms with Crippen LogP contribution in [0.1, 0.15) is 58.3 Å². The molecule has 1 heterocycles. The summed E-state index contributed by atoms with van der Waals surface area (Å²) in [6.07, 6.45) is 11.5. The highest BCUT2D eigenvalue weighted by atomic mass is 16.5. The molecule has 2 heteroatoms. The summed E-state index contributed by atoms with van der Waals surface area (Å²) in [5.41, 5.74) is 1.65. The minimum Gasteiger partial charge on any atom is -0.375 e. The zero-order valence-electron chi connectivity index (χ0n) is 12.6. The van der Waals surface area contributed by atoms with E-state index < -0.39 is 0 Å². The summed E-state index contributed by atoms with van der Waals surface area (Å²) in [5.74, 6) is 3.55. The van der Waals surface area contributed by atoms with Gasteiger partial charge in [0.05, 0.1) is 5.60 Å². The highest BCUT2D eigenvalue weighted by Gasteiger charge is 2.52. The van der Waals surface area contributed by atoms with E-state index in [1.807, 2.05) is 6.08 Å². The van der Waals surface area contributed by atoms with Gasteiger partial charge in [-0.15, -0.1) is 0 Å². The molecule has 0 spiro atoms. The summed E-state index contributed by atoms with van der Waals surface area (Å²) in [6, 6.07) is 0. The first kappa shape index (κ1) is 13.1. The van der Waals surface area contributed by atoms with Crippen LogP contribution >= 0.6 is 0 Å². The summed E-state index contributed by atoms with van der Waals surface area (Å²) in [7, 11) is 0. The van der Waals surface area contributed by atoms with Gasteiger partial charge in [-0.3, -0.25) is 4.79 Å². The second kappa shape index (κ2) is 4.69. The lowest BCUT2D eigenvalue weighted by Crippen LogP contribution is -2.53. The zero-order chi connectivity index (χ0) is 13.7. The maximum Gasteiger partial charge on any atom is 0.155 e. The minimum atomic E-state index is 0.158. The third-order valence-electron chi connectivity index (χ3n) is 6.72. The molecule has 5 atom stereocenters. The van der Waals surface area contributed by atoms with Gasteiger partial charge in [-0.25, -0.2) is 0 Å². The van der Waals surface area contributed by atoms with Gasteiger partial charge >= 0.3 is 0 Å². The van der Waals surface area contributed by atoms with Crippen LogP contribution in [0.25, 0.3) is 0 Å². The zero-order valence-corrected chi connectivity index (χ0v) is 12.6. The molecular weight excluding hydrogens is 248 g/mol. The van der Waals surface area contributed by atoms with Crippen LogP contribution in [0.2, 0.25) is 0 Å². The Morgan fingerprint density at radius 1 is 1.15 bits per heavy atom. The normalized spacial score (nSPS) is 47.9. The van der Waals surface area contributed by atoms with Gasteiger partial charge in [0.25, 0.3) is 0 Å². The quantitative estimate of drug-likeness (QED) is 0.669. The highest BCUT2D eigenvalue weighted by Crippen LogP contribution is 2.56. The molecule has 3 aliphatic carbocycles. The fraction of sp³-hybridized carbons (Fsp3) is 0.833. The van der Waals surface area contributed by atoms with Crippen LogP contribution in [-0.4, -0.2) is 18.0 Å². The molecule has 0 aromatic carbocycles. The van der Waals surface area contributed by atoms with E-state index in [4.69, 9.17) is 4.74 Å². The molecule has 110 valence electrons. The molecule has 0 bridgehead atoms. The van der Waals surface area contributed by atoms with E-state index in [1.54, 1.807) is 0 Å². The molecule has 0 amide bonds. The van der Waals surface area contributed by atoms with Gasteiger partial charge in [0.2, 0.25) is 0 Å². The average molecular weight is 274 g/mol. The van der Waals surface area contributed by atoms with E-state index in [0.29, 0.717) is 5.78 Å². The molecule has 0 N–H and O–H groups in total. The smallest absolute Gasteiger partial charge is 0.155 e. The summed E-state index contributed by atoms with van der Waals surface area (Å²) >= 11 is 0. The number of rotatable bonds is 0. The van der Waals surface area contributed by atoms with Crippen molar-refractivity contribution in [2.24, 2.45) is 23.7 Å². The number of carbonyl (C=O) groups is 1. The van der Waals surface area contributed by atoms with Gasteiger partial charge in [0, 0.05) is 13.0 Å². The third kappa shape index (κ3) is 1.91. The number of allylic oxidation sites excluding steroid dienone is 2. The number of hydrogen-bond acceptors (Lipinski definition) is 2. The largest absolute Gasteiger partial charge is 0.375 e. The van der Waals surface area contributed by atoms with Crippen LogP contribution in [0.4, 0.5) is 0 Å². The van der Waals surface area contributed by atoms with Gasteiger partial charge < -0.3 is 4.74 Å². The van der Waals surface area contributed by atoms with E-state index in [0.717, 1.165) is 43.1 Å². The molecule has 1 saturated heterocycles. The standard InChI is InChI=1S/C18H26O2/c1-18-9-8-15-14-7-5-13(19)11-12(14)4-6-16(15)17(18)3-2-10-20-18/h11,14-17H,2-10H2,1H3. The Morgan fingerprint density at radius 2 is 2.05 bits per heavy atom. The Kier molecular flexibility index (Phi) is 3.06. The van der Waals surface area contributed by atoms with Crippen molar-refractivity contribution in [3.05, 3.63) is 11.6 Å². The van der Waals surface area contributed by atoms with Crippen molar-refractivity contribution in [1.29, 1.82) is 0 Å². The first-order valence-corrected chi connectivity index (χ1v) is 8.55. The molecule has 0 aromatic heterocycles. The second-order valence-electron chi connectivity index (χ2n) is 7.65. The van der Waals surface area contributed by atoms with Gasteiger partial charge in [-0.1, -0.05) is 5.57 Å². The molecule has 0 aromatic rings. The lowest BCUT2D eigenvalue weighted by Gasteiger charge is -2.56. The summed E-state index contributed by atoms with van der Waals surface area (Å²) in [6.45, 7) is 3.33. The van der Waals surface area contributed by atoms with Gasteiger partial charge in [0.15, 0.2) is 5.78 Å². The third-order valence-corrected chi connectivity index (χ3v) is 6.72. The second-order valence-corrected chi connectivity index (χ2v) is 7.65. The van der Waals surface area contributed by atoms with E-state index >= 15 is 0 Å². The molecule has 4 aliphatic rings. The fourth-order valence-corrected chi connectivity index (χ4v) is 5.78. The maximum atomic E-state index is 11.7. The summed E-state index contributed by atoms with van der Waals surface area (Å²) in [4.78, 5) is 11.7. The van der Waals surface area contributed by atoms with E-state index in [-0.39, 0.29) is 5.60 Å². The highest BCUT2D eigenvalue weighted by molar-refractivity contribution is 5.91. The van der Waals surface area contributed by atoms with Gasteiger partial charge in [0.1, 0.15) is 0 Å². The molecule has 3 fully saturated rings. The van der Waals surface area contributed by atoms with Crippen molar-refractivity contribution in [1.82, 2.24) is 0 Å². The maximum absolute atomic E-state index is 11.7. The number of carbonyl (C=O) groups excluding carboxylic acids is 1. The van der Waals surface area contributed by atoms with Gasteiger partial charge in [-0.2, -0.15) is 0 Å². The van der Waals surface area contributed by atoms with E-state index in [2.05, 4.69) is 6.92 Å². The van der Waals surface area contributed by atoms with Crippen LogP contribution < -0.4 is 0 Å². The van der Waals surface area contributed by atoms with Crippen LogP contribution in [-0.2, 0) is 9.53 Å². The number of ether oxygens (including phenoxy) is 1. The Bertz CT molecular complexity index is 452. The van der Waals surface area contributed by atoms with Crippen molar-refractivity contribution in [3.8, 4) is 0 Å². The van der Waals surface area contributed by atoms with Crippen LogP contribution in [0, 0.1) is 23.7 Å². The summed E-state index contributed by atoms with van der Waals surface area (Å²) < 4.78 is 6.20. The molecular formula is C18H26O2. The van der Waals surface area contributed by atoms with Crippen LogP contribution in [0.15, 0.2) is 11.6 Å². The van der Waals surface area contributed by atoms with Gasteiger partial charge in [-0.05, 0) is 81.6 Å². The predicted molar refractivity (Wildman–Crippen MR) is 78.3 cm³/mol. The molecule has 5 unspecified atom stereocenters. The topological polar surface area (TPSA) is 26.3 Å². The summed E-state index contributed by atoms with van der Waals surface area (Å²) in [5, 5.41) is 0.